The molecule has 0 unspecified atom stereocenters. The fourth-order valence-corrected chi connectivity index (χ4v) is 3.38. The van der Waals surface area contributed by atoms with E-state index < -0.39 is 0 Å². The van der Waals surface area contributed by atoms with Gasteiger partial charge in [-0.25, -0.2) is 0 Å². The third-order valence-corrected chi connectivity index (χ3v) is 4.85. The number of hydrogen-bond donors (Lipinski definition) is 0. The minimum atomic E-state index is 0.572. The van der Waals surface area contributed by atoms with Gasteiger partial charge in [-0.3, -0.25) is 4.57 Å². The van der Waals surface area contributed by atoms with E-state index in [9.17, 15) is 0 Å². The highest BCUT2D eigenvalue weighted by molar-refractivity contribution is 7.98. The summed E-state index contributed by atoms with van der Waals surface area (Å²) in [6, 6.07) is 8.25. The van der Waals surface area contributed by atoms with Crippen LogP contribution in [-0.2, 0) is 18.7 Å². The van der Waals surface area contributed by atoms with Gasteiger partial charge >= 0.3 is 0 Å². The van der Waals surface area contributed by atoms with Gasteiger partial charge in [0.05, 0.1) is 5.75 Å². The Balaban J connectivity index is 1.75. The molecule has 7 heteroatoms. The van der Waals surface area contributed by atoms with Crippen LogP contribution in [-0.4, -0.2) is 24.9 Å². The summed E-state index contributed by atoms with van der Waals surface area (Å²) in [4.78, 5) is 4.44. The van der Waals surface area contributed by atoms with E-state index in [4.69, 9.17) is 4.52 Å². The van der Waals surface area contributed by atoms with Crippen molar-refractivity contribution in [3.8, 4) is 11.4 Å². The number of nitrogens with zero attached hydrogens (tertiary/aromatic N) is 5. The van der Waals surface area contributed by atoms with Crippen LogP contribution < -0.4 is 0 Å². The summed E-state index contributed by atoms with van der Waals surface area (Å²) in [5.74, 6) is 2.80. The van der Waals surface area contributed by atoms with E-state index in [1.807, 2.05) is 18.2 Å². The number of unbranched alkanes of at least 4 members (excludes halogenated alkanes) is 1. The molecule has 0 saturated carbocycles. The first-order valence-electron chi connectivity index (χ1n) is 8.76. The van der Waals surface area contributed by atoms with Crippen LogP contribution in [0.2, 0.25) is 0 Å². The first-order valence-corrected chi connectivity index (χ1v) is 9.75. The van der Waals surface area contributed by atoms with Gasteiger partial charge in [-0.15, -0.1) is 16.8 Å². The van der Waals surface area contributed by atoms with E-state index in [0.29, 0.717) is 18.2 Å². The molecule has 2 aromatic heterocycles. The van der Waals surface area contributed by atoms with Crippen LogP contribution in [0.1, 0.15) is 37.0 Å². The van der Waals surface area contributed by atoms with Crippen molar-refractivity contribution < 1.29 is 4.52 Å². The Morgan fingerprint density at radius 3 is 2.96 bits per heavy atom. The van der Waals surface area contributed by atoms with Crippen molar-refractivity contribution in [3.63, 3.8) is 0 Å². The molecule has 3 rings (SSSR count). The van der Waals surface area contributed by atoms with Crippen LogP contribution in [0.3, 0.4) is 0 Å². The Morgan fingerprint density at radius 1 is 1.31 bits per heavy atom. The van der Waals surface area contributed by atoms with E-state index in [1.54, 1.807) is 11.8 Å². The lowest BCUT2D eigenvalue weighted by atomic mass is 10.1. The molecular formula is C19H23N5OS. The summed E-state index contributed by atoms with van der Waals surface area (Å²) in [6.07, 6.45) is 4.89. The Kier molecular flexibility index (Phi) is 6.22. The summed E-state index contributed by atoms with van der Waals surface area (Å²) < 4.78 is 7.39. The molecule has 0 spiro atoms. The zero-order chi connectivity index (χ0) is 18.4. The highest BCUT2D eigenvalue weighted by Gasteiger charge is 2.15. The maximum Gasteiger partial charge on any atom is 0.237 e. The van der Waals surface area contributed by atoms with Crippen LogP contribution in [0.4, 0.5) is 0 Å². The summed E-state index contributed by atoms with van der Waals surface area (Å²) >= 11 is 1.54. The second-order valence-corrected chi connectivity index (χ2v) is 7.01. The van der Waals surface area contributed by atoms with E-state index in [1.165, 1.54) is 5.56 Å². The predicted octanol–water partition coefficient (Wildman–Crippen LogP) is 4.46. The van der Waals surface area contributed by atoms with Crippen molar-refractivity contribution in [1.82, 2.24) is 24.9 Å². The predicted molar refractivity (Wildman–Crippen MR) is 103 cm³/mol. The molecule has 3 aromatic rings. The molecule has 0 atom stereocenters. The zero-order valence-corrected chi connectivity index (χ0v) is 16.0. The Hall–Kier alpha value is -2.41. The molecule has 0 aliphatic heterocycles. The Bertz CT molecular complexity index is 870. The molecule has 0 fully saturated rings. The molecule has 136 valence electrons. The number of aromatic nitrogens is 5. The quantitative estimate of drug-likeness (QED) is 0.410. The monoisotopic (exact) mass is 369 g/mol. The van der Waals surface area contributed by atoms with Crippen LogP contribution in [0.25, 0.3) is 11.4 Å². The molecule has 0 aliphatic carbocycles. The molecule has 26 heavy (non-hydrogen) atoms. The lowest BCUT2D eigenvalue weighted by Gasteiger charge is -2.07. The summed E-state index contributed by atoms with van der Waals surface area (Å²) in [7, 11) is 0. The van der Waals surface area contributed by atoms with Crippen LogP contribution in [0, 0.1) is 6.92 Å². The van der Waals surface area contributed by atoms with Crippen molar-refractivity contribution in [2.24, 2.45) is 0 Å². The van der Waals surface area contributed by atoms with Gasteiger partial charge in [0.15, 0.2) is 16.8 Å². The molecule has 0 bridgehead atoms. The van der Waals surface area contributed by atoms with Gasteiger partial charge in [-0.05, 0) is 19.4 Å². The SMILES string of the molecule is C=CCn1c(SCc2nc(CCCC)no2)nnc1-c1cccc(C)c1. The summed E-state index contributed by atoms with van der Waals surface area (Å²) in [6.45, 7) is 8.71. The van der Waals surface area contributed by atoms with E-state index in [-0.39, 0.29) is 0 Å². The summed E-state index contributed by atoms with van der Waals surface area (Å²) in [5, 5.41) is 13.6. The van der Waals surface area contributed by atoms with Gasteiger partial charge in [-0.1, -0.05) is 60.1 Å². The number of aryl methyl sites for hydroxylation is 2. The fourth-order valence-electron chi connectivity index (χ4n) is 2.60. The number of rotatable bonds is 9. The minimum Gasteiger partial charge on any atom is -0.338 e. The average molecular weight is 369 g/mol. The maximum absolute atomic E-state index is 5.33. The van der Waals surface area contributed by atoms with Gasteiger partial charge in [0.25, 0.3) is 0 Å². The third-order valence-electron chi connectivity index (χ3n) is 3.89. The highest BCUT2D eigenvalue weighted by Crippen LogP contribution is 2.26. The standard InChI is InChI=1S/C19H23N5OS/c1-4-6-10-16-20-17(25-23-16)13-26-19-22-21-18(24(19)11-5-2)15-9-7-8-14(3)12-15/h5,7-9,12H,2,4,6,10-11,13H2,1,3H3. The van der Waals surface area contributed by atoms with Crippen molar-refractivity contribution in [3.05, 3.63) is 54.2 Å². The number of thioether (sulfide) groups is 1. The van der Waals surface area contributed by atoms with Crippen molar-refractivity contribution in [2.75, 3.05) is 0 Å². The molecule has 6 nitrogen and oxygen atoms in total. The third kappa shape index (κ3) is 4.40. The molecule has 2 heterocycles. The number of benzene rings is 1. The van der Waals surface area contributed by atoms with Gasteiger partial charge in [0, 0.05) is 18.5 Å². The molecule has 0 saturated heterocycles. The molecule has 1 aromatic carbocycles. The van der Waals surface area contributed by atoms with Gasteiger partial charge in [-0.2, -0.15) is 4.98 Å². The molecule has 0 radical (unpaired) electrons. The first kappa shape index (κ1) is 18.4. The smallest absolute Gasteiger partial charge is 0.237 e. The van der Waals surface area contributed by atoms with Crippen molar-refractivity contribution >= 4 is 11.8 Å². The Labute approximate surface area is 157 Å². The van der Waals surface area contributed by atoms with E-state index in [0.717, 1.165) is 41.6 Å². The number of allylic oxidation sites excluding steroid dienone is 1. The maximum atomic E-state index is 5.33. The zero-order valence-electron chi connectivity index (χ0n) is 15.2. The van der Waals surface area contributed by atoms with Crippen LogP contribution in [0.15, 0.2) is 46.6 Å². The summed E-state index contributed by atoms with van der Waals surface area (Å²) in [5.41, 5.74) is 2.24. The number of hydrogen-bond acceptors (Lipinski definition) is 6. The van der Waals surface area contributed by atoms with Gasteiger partial charge in [0.2, 0.25) is 5.89 Å². The second kappa shape index (κ2) is 8.80. The Morgan fingerprint density at radius 2 is 2.19 bits per heavy atom. The lowest BCUT2D eigenvalue weighted by molar-refractivity contribution is 0.384. The topological polar surface area (TPSA) is 69.6 Å². The minimum absolute atomic E-state index is 0.572. The van der Waals surface area contributed by atoms with E-state index in [2.05, 4.69) is 57.5 Å². The largest absolute Gasteiger partial charge is 0.338 e. The van der Waals surface area contributed by atoms with Gasteiger partial charge in [0.1, 0.15) is 0 Å². The molecule has 0 N–H and O–H groups in total. The van der Waals surface area contributed by atoms with E-state index >= 15 is 0 Å². The highest BCUT2D eigenvalue weighted by atomic mass is 32.2. The van der Waals surface area contributed by atoms with Gasteiger partial charge < -0.3 is 4.52 Å². The van der Waals surface area contributed by atoms with Crippen LogP contribution in [0.5, 0.6) is 0 Å². The average Bonchev–Trinajstić information content (AvgIpc) is 3.25. The first-order chi connectivity index (χ1) is 12.7. The second-order valence-electron chi connectivity index (χ2n) is 6.07. The molecule has 0 amide bonds. The normalized spacial score (nSPS) is 11.0. The van der Waals surface area contributed by atoms with Crippen molar-refractivity contribution in [2.45, 2.75) is 50.6 Å². The van der Waals surface area contributed by atoms with Crippen molar-refractivity contribution in [1.29, 1.82) is 0 Å². The lowest BCUT2D eigenvalue weighted by Crippen LogP contribution is -2.01. The molecular weight excluding hydrogens is 346 g/mol. The van der Waals surface area contributed by atoms with Crippen LogP contribution >= 0.6 is 11.8 Å². The fraction of sp³-hybridized carbons (Fsp3) is 0.368. The molecule has 0 aliphatic rings.